The molecule has 1 heterocycles. The summed E-state index contributed by atoms with van der Waals surface area (Å²) in [7, 11) is 4.75. The lowest BCUT2D eigenvalue weighted by Gasteiger charge is -2.35. The van der Waals surface area contributed by atoms with Gasteiger partial charge in [-0.25, -0.2) is 4.79 Å². The molecule has 1 aromatic carbocycles. The van der Waals surface area contributed by atoms with Gasteiger partial charge in [0, 0.05) is 25.9 Å². The molecule has 3 rings (SSSR count). The van der Waals surface area contributed by atoms with Crippen molar-refractivity contribution in [3.63, 3.8) is 0 Å². The Labute approximate surface area is 176 Å². The fourth-order valence-corrected chi connectivity index (χ4v) is 4.12. The lowest BCUT2D eigenvalue weighted by molar-refractivity contribution is -0.136. The molecule has 1 aromatic rings. The van der Waals surface area contributed by atoms with Crippen LogP contribution in [-0.2, 0) is 14.3 Å². The van der Waals surface area contributed by atoms with E-state index in [0.29, 0.717) is 43.2 Å². The topological polar surface area (TPSA) is 97.4 Å². The summed E-state index contributed by atoms with van der Waals surface area (Å²) in [5, 5.41) is 2.73. The van der Waals surface area contributed by atoms with Crippen molar-refractivity contribution in [2.24, 2.45) is 0 Å². The number of carbonyl (C=O) groups excluding carboxylic acids is 3. The smallest absolute Gasteiger partial charge is 0.327 e. The normalized spacial score (nSPS) is 18.1. The standard InChI is InChI=1S/C21H29N3O6/c1-23-20(27)24(19(26)21(23)9-5-4-6-10-21)14-18(25)22-15-7-8-16(29-3)17(13-15)30-12-11-28-2/h7-8,13H,4-6,9-12,14H2,1-3H3,(H,22,25). The zero-order valence-corrected chi connectivity index (χ0v) is 17.7. The zero-order valence-electron chi connectivity index (χ0n) is 17.7. The highest BCUT2D eigenvalue weighted by Gasteiger charge is 2.55. The second kappa shape index (κ2) is 9.34. The molecule has 0 atom stereocenters. The molecule has 0 bridgehead atoms. The van der Waals surface area contributed by atoms with Crippen molar-refractivity contribution < 1.29 is 28.6 Å². The van der Waals surface area contributed by atoms with Crippen LogP contribution < -0.4 is 14.8 Å². The molecule has 4 amide bonds. The summed E-state index contributed by atoms with van der Waals surface area (Å²) in [4.78, 5) is 40.8. The van der Waals surface area contributed by atoms with E-state index in [0.717, 1.165) is 24.2 Å². The Balaban J connectivity index is 1.67. The minimum absolute atomic E-state index is 0.275. The molecule has 0 aromatic heterocycles. The third-order valence-electron chi connectivity index (χ3n) is 5.78. The molecule has 164 valence electrons. The maximum atomic E-state index is 13.0. The number of hydrogen-bond acceptors (Lipinski definition) is 6. The Morgan fingerprint density at radius 2 is 1.83 bits per heavy atom. The molecule has 1 aliphatic carbocycles. The van der Waals surface area contributed by atoms with E-state index in [2.05, 4.69) is 5.32 Å². The SMILES string of the molecule is COCCOc1cc(NC(=O)CN2C(=O)N(C)C3(CCCCC3)C2=O)ccc1OC. The van der Waals surface area contributed by atoms with Crippen LogP contribution in [0.3, 0.4) is 0 Å². The van der Waals surface area contributed by atoms with E-state index in [9.17, 15) is 14.4 Å². The van der Waals surface area contributed by atoms with Crippen molar-refractivity contribution in [1.82, 2.24) is 9.80 Å². The van der Waals surface area contributed by atoms with Gasteiger partial charge in [0.15, 0.2) is 11.5 Å². The number of likely N-dealkylation sites (N-methyl/N-ethyl adjacent to an activating group) is 1. The highest BCUT2D eigenvalue weighted by molar-refractivity contribution is 6.10. The molecule has 1 N–H and O–H groups in total. The number of ether oxygens (including phenoxy) is 3. The van der Waals surface area contributed by atoms with Gasteiger partial charge in [-0.2, -0.15) is 0 Å². The van der Waals surface area contributed by atoms with Crippen LogP contribution in [0.1, 0.15) is 32.1 Å². The lowest BCUT2D eigenvalue weighted by atomic mass is 9.81. The lowest BCUT2D eigenvalue weighted by Crippen LogP contribution is -2.49. The van der Waals surface area contributed by atoms with E-state index in [1.54, 1.807) is 32.4 Å². The van der Waals surface area contributed by atoms with Crippen LogP contribution in [0.5, 0.6) is 11.5 Å². The van der Waals surface area contributed by atoms with E-state index in [1.165, 1.54) is 12.0 Å². The fourth-order valence-electron chi connectivity index (χ4n) is 4.12. The number of urea groups is 1. The molecule has 30 heavy (non-hydrogen) atoms. The molecule has 2 aliphatic rings. The minimum atomic E-state index is -0.794. The first kappa shape index (κ1) is 21.9. The van der Waals surface area contributed by atoms with Gasteiger partial charge in [-0.05, 0) is 25.0 Å². The van der Waals surface area contributed by atoms with Crippen LogP contribution in [-0.4, -0.2) is 74.2 Å². The Bertz CT molecular complexity index is 806. The molecular weight excluding hydrogens is 390 g/mol. The van der Waals surface area contributed by atoms with Crippen molar-refractivity contribution in [3.8, 4) is 11.5 Å². The summed E-state index contributed by atoms with van der Waals surface area (Å²) in [5.74, 6) is 0.255. The van der Waals surface area contributed by atoms with Crippen molar-refractivity contribution in [3.05, 3.63) is 18.2 Å². The molecule has 1 aliphatic heterocycles. The number of amides is 4. The minimum Gasteiger partial charge on any atom is -0.493 e. The number of methoxy groups -OCH3 is 2. The number of anilines is 1. The van der Waals surface area contributed by atoms with Gasteiger partial charge in [0.25, 0.3) is 5.91 Å². The number of imide groups is 1. The van der Waals surface area contributed by atoms with E-state index in [1.807, 2.05) is 0 Å². The van der Waals surface area contributed by atoms with E-state index in [4.69, 9.17) is 14.2 Å². The van der Waals surface area contributed by atoms with Crippen molar-refractivity contribution in [2.75, 3.05) is 46.3 Å². The predicted octanol–water partition coefficient (Wildman–Crippen LogP) is 2.26. The second-order valence-corrected chi connectivity index (χ2v) is 7.58. The van der Waals surface area contributed by atoms with Gasteiger partial charge in [-0.1, -0.05) is 19.3 Å². The van der Waals surface area contributed by atoms with Gasteiger partial charge in [0.2, 0.25) is 5.91 Å². The number of rotatable bonds is 8. The first-order valence-corrected chi connectivity index (χ1v) is 10.1. The number of carbonyl (C=O) groups is 3. The summed E-state index contributed by atoms with van der Waals surface area (Å²) < 4.78 is 15.9. The summed E-state index contributed by atoms with van der Waals surface area (Å²) in [6.07, 6.45) is 4.16. The van der Waals surface area contributed by atoms with Crippen molar-refractivity contribution in [2.45, 2.75) is 37.6 Å². The molecule has 1 saturated heterocycles. The Morgan fingerprint density at radius 1 is 1.10 bits per heavy atom. The summed E-state index contributed by atoms with van der Waals surface area (Å²) in [5.41, 5.74) is -0.314. The van der Waals surface area contributed by atoms with Crippen molar-refractivity contribution in [1.29, 1.82) is 0 Å². The number of nitrogens with one attached hydrogen (secondary N) is 1. The van der Waals surface area contributed by atoms with Gasteiger partial charge in [-0.3, -0.25) is 14.5 Å². The van der Waals surface area contributed by atoms with Gasteiger partial charge in [0.05, 0.1) is 13.7 Å². The van der Waals surface area contributed by atoms with Crippen LogP contribution in [0, 0.1) is 0 Å². The molecule has 1 spiro atoms. The molecule has 2 fully saturated rings. The molecule has 9 heteroatoms. The van der Waals surface area contributed by atoms with Crippen LogP contribution in [0.2, 0.25) is 0 Å². The fraction of sp³-hybridized carbons (Fsp3) is 0.571. The predicted molar refractivity (Wildman–Crippen MR) is 110 cm³/mol. The summed E-state index contributed by atoms with van der Waals surface area (Å²) in [6.45, 7) is 0.416. The largest absolute Gasteiger partial charge is 0.493 e. The summed E-state index contributed by atoms with van der Waals surface area (Å²) >= 11 is 0. The molecule has 1 saturated carbocycles. The van der Waals surface area contributed by atoms with Gasteiger partial charge in [0.1, 0.15) is 18.7 Å². The molecular formula is C21H29N3O6. The zero-order chi connectivity index (χ0) is 21.7. The van der Waals surface area contributed by atoms with E-state index in [-0.39, 0.29) is 12.5 Å². The quantitative estimate of drug-likeness (QED) is 0.513. The maximum absolute atomic E-state index is 13.0. The Hall–Kier alpha value is -2.81. The van der Waals surface area contributed by atoms with E-state index >= 15 is 0 Å². The number of benzene rings is 1. The highest BCUT2D eigenvalue weighted by Crippen LogP contribution is 2.39. The third kappa shape index (κ3) is 4.21. The molecule has 0 radical (unpaired) electrons. The first-order valence-electron chi connectivity index (χ1n) is 10.1. The van der Waals surface area contributed by atoms with Gasteiger partial charge < -0.3 is 24.4 Å². The monoisotopic (exact) mass is 419 g/mol. The van der Waals surface area contributed by atoms with Gasteiger partial charge >= 0.3 is 6.03 Å². The van der Waals surface area contributed by atoms with Gasteiger partial charge in [-0.15, -0.1) is 0 Å². The van der Waals surface area contributed by atoms with Crippen LogP contribution in [0.4, 0.5) is 10.5 Å². The van der Waals surface area contributed by atoms with Crippen LogP contribution in [0.15, 0.2) is 18.2 Å². The number of hydrogen-bond donors (Lipinski definition) is 1. The first-order chi connectivity index (χ1) is 14.4. The molecule has 0 unspecified atom stereocenters. The van der Waals surface area contributed by atoms with E-state index < -0.39 is 17.5 Å². The average Bonchev–Trinajstić information content (AvgIpc) is 2.91. The van der Waals surface area contributed by atoms with Crippen LogP contribution in [0.25, 0.3) is 0 Å². The highest BCUT2D eigenvalue weighted by atomic mass is 16.5. The average molecular weight is 419 g/mol. The van der Waals surface area contributed by atoms with Crippen LogP contribution >= 0.6 is 0 Å². The Morgan fingerprint density at radius 3 is 2.50 bits per heavy atom. The third-order valence-corrected chi connectivity index (χ3v) is 5.78. The van der Waals surface area contributed by atoms with Crippen molar-refractivity contribution >= 4 is 23.5 Å². The second-order valence-electron chi connectivity index (χ2n) is 7.58. The summed E-state index contributed by atoms with van der Waals surface area (Å²) in [6, 6.07) is 4.56. The Kier molecular flexibility index (Phi) is 6.81. The maximum Gasteiger partial charge on any atom is 0.327 e. The molecule has 9 nitrogen and oxygen atoms in total. The number of nitrogens with zero attached hydrogens (tertiary/aromatic N) is 2.